The first-order valence-electron chi connectivity index (χ1n) is 5.75. The maximum Gasteiger partial charge on any atom is 0.383 e. The molecule has 18 heavy (non-hydrogen) atoms. The number of benzene rings is 1. The Bertz CT molecular complexity index is 615. The average molecular weight is 250 g/mol. The van der Waals surface area contributed by atoms with Gasteiger partial charge in [0.15, 0.2) is 5.75 Å². The summed E-state index contributed by atoms with van der Waals surface area (Å²) in [7, 11) is 0. The van der Waals surface area contributed by atoms with Crippen LogP contribution in [0.15, 0.2) is 27.4 Å². The Hall–Kier alpha value is -2.17. The van der Waals surface area contributed by atoms with Gasteiger partial charge >= 0.3 is 5.63 Å². The van der Waals surface area contributed by atoms with Gasteiger partial charge in [0.05, 0.1) is 6.61 Å². The Kier molecular flexibility index (Phi) is 3.41. The molecule has 0 saturated carbocycles. The fraction of sp³-hybridized carbons (Fsp3) is 0.308. The minimum absolute atomic E-state index is 0.0867. The summed E-state index contributed by atoms with van der Waals surface area (Å²) in [4.78, 5) is 11.6. The lowest BCUT2D eigenvalue weighted by atomic mass is 10.2. The van der Waals surface area contributed by atoms with E-state index in [1.54, 1.807) is 0 Å². The molecule has 2 N–H and O–H groups in total. The Morgan fingerprint density at radius 1 is 1.33 bits per heavy atom. The molecule has 1 aromatic heterocycles. The van der Waals surface area contributed by atoms with E-state index in [1.807, 2.05) is 6.92 Å². The second-order valence-corrected chi connectivity index (χ2v) is 3.92. The Labute approximate surface area is 103 Å². The van der Waals surface area contributed by atoms with E-state index in [9.17, 15) is 15.0 Å². The van der Waals surface area contributed by atoms with Crippen LogP contribution >= 0.6 is 0 Å². The van der Waals surface area contributed by atoms with Gasteiger partial charge < -0.3 is 19.4 Å². The molecule has 1 heterocycles. The zero-order valence-electron chi connectivity index (χ0n) is 9.97. The number of aromatic hydroxyl groups is 2. The second kappa shape index (κ2) is 5.00. The van der Waals surface area contributed by atoms with Crippen molar-refractivity contribution in [2.45, 2.75) is 19.8 Å². The van der Waals surface area contributed by atoms with Crippen LogP contribution < -0.4 is 10.4 Å². The molecule has 0 radical (unpaired) electrons. The molecule has 5 heteroatoms. The van der Waals surface area contributed by atoms with E-state index >= 15 is 0 Å². The highest BCUT2D eigenvalue weighted by atomic mass is 16.5. The van der Waals surface area contributed by atoms with E-state index in [1.165, 1.54) is 18.2 Å². The van der Waals surface area contributed by atoms with Gasteiger partial charge in [-0.3, -0.25) is 0 Å². The molecule has 0 fully saturated rings. The van der Waals surface area contributed by atoms with Crippen molar-refractivity contribution in [1.29, 1.82) is 0 Å². The summed E-state index contributed by atoms with van der Waals surface area (Å²) in [6.45, 7) is 2.30. The van der Waals surface area contributed by atoms with Gasteiger partial charge in [0.2, 0.25) is 5.75 Å². The first-order chi connectivity index (χ1) is 8.65. The predicted molar refractivity (Wildman–Crippen MR) is 66.2 cm³/mol. The van der Waals surface area contributed by atoms with E-state index < -0.39 is 5.63 Å². The van der Waals surface area contributed by atoms with E-state index in [0.29, 0.717) is 6.61 Å². The van der Waals surface area contributed by atoms with Crippen molar-refractivity contribution in [2.24, 2.45) is 0 Å². The van der Waals surface area contributed by atoms with Crippen LogP contribution in [-0.2, 0) is 0 Å². The van der Waals surface area contributed by atoms with Crippen LogP contribution in [-0.4, -0.2) is 16.8 Å². The maximum absolute atomic E-state index is 11.6. The monoisotopic (exact) mass is 250 g/mol. The van der Waals surface area contributed by atoms with Crippen LogP contribution in [0.2, 0.25) is 0 Å². The number of fused-ring (bicyclic) bond motifs is 1. The first kappa shape index (κ1) is 12.3. The molecular formula is C13H14O5. The van der Waals surface area contributed by atoms with Crippen molar-refractivity contribution in [1.82, 2.24) is 0 Å². The largest absolute Gasteiger partial charge is 0.507 e. The van der Waals surface area contributed by atoms with Gasteiger partial charge in [-0.25, -0.2) is 4.79 Å². The van der Waals surface area contributed by atoms with Crippen molar-refractivity contribution >= 4 is 11.0 Å². The summed E-state index contributed by atoms with van der Waals surface area (Å²) in [5, 5.41) is 19.7. The van der Waals surface area contributed by atoms with Gasteiger partial charge in [0.1, 0.15) is 16.7 Å². The minimum atomic E-state index is -0.748. The summed E-state index contributed by atoms with van der Waals surface area (Å²) in [6, 6.07) is 4.42. The van der Waals surface area contributed by atoms with Gasteiger partial charge in [-0.1, -0.05) is 19.4 Å². The van der Waals surface area contributed by atoms with Crippen LogP contribution in [0.3, 0.4) is 0 Å². The fourth-order valence-electron chi connectivity index (χ4n) is 1.64. The fourth-order valence-corrected chi connectivity index (χ4v) is 1.64. The number of hydrogen-bond acceptors (Lipinski definition) is 5. The lowest BCUT2D eigenvalue weighted by Gasteiger charge is -2.08. The molecule has 1 aromatic carbocycles. The van der Waals surface area contributed by atoms with E-state index in [4.69, 9.17) is 9.15 Å². The summed E-state index contributed by atoms with van der Waals surface area (Å²) in [5.41, 5.74) is -0.623. The van der Waals surface area contributed by atoms with Crippen molar-refractivity contribution in [3.05, 3.63) is 28.6 Å². The summed E-state index contributed by atoms with van der Waals surface area (Å²) in [5.74, 6) is -0.790. The Morgan fingerprint density at radius 3 is 2.83 bits per heavy atom. The molecule has 0 atom stereocenters. The lowest BCUT2D eigenvalue weighted by molar-refractivity contribution is 0.278. The molecule has 96 valence electrons. The van der Waals surface area contributed by atoms with Gasteiger partial charge in [0.25, 0.3) is 0 Å². The normalized spacial score (nSPS) is 10.7. The third kappa shape index (κ3) is 2.11. The molecule has 5 nitrogen and oxygen atoms in total. The average Bonchev–Trinajstić information content (AvgIpc) is 2.33. The molecule has 0 aliphatic rings. The number of phenolic OH excluding ortho intramolecular Hbond substituents is 1. The zero-order chi connectivity index (χ0) is 13.1. The predicted octanol–water partition coefficient (Wildman–Crippen LogP) is 2.38. The van der Waals surface area contributed by atoms with E-state index in [0.717, 1.165) is 12.8 Å². The highest BCUT2D eigenvalue weighted by Gasteiger charge is 2.17. The summed E-state index contributed by atoms with van der Waals surface area (Å²) in [6.07, 6.45) is 1.67. The molecule has 0 aliphatic carbocycles. The number of unbranched alkanes of at least 4 members (excludes halogenated alkanes) is 1. The molecule has 0 unspecified atom stereocenters. The highest BCUT2D eigenvalue weighted by Crippen LogP contribution is 2.36. The van der Waals surface area contributed by atoms with Gasteiger partial charge in [-0.2, -0.15) is 0 Å². The van der Waals surface area contributed by atoms with Crippen LogP contribution in [0.25, 0.3) is 11.0 Å². The third-order valence-electron chi connectivity index (χ3n) is 2.59. The topological polar surface area (TPSA) is 79.9 Å². The smallest absolute Gasteiger partial charge is 0.383 e. The van der Waals surface area contributed by atoms with Gasteiger partial charge in [-0.15, -0.1) is 0 Å². The molecule has 2 rings (SSSR count). The molecule has 0 saturated heterocycles. The molecule has 0 spiro atoms. The molecule has 0 aliphatic heterocycles. The van der Waals surface area contributed by atoms with Crippen molar-refractivity contribution in [3.63, 3.8) is 0 Å². The van der Waals surface area contributed by atoms with Crippen molar-refractivity contribution < 1.29 is 19.4 Å². The summed E-state index contributed by atoms with van der Waals surface area (Å²) < 4.78 is 10.2. The quantitative estimate of drug-likeness (QED) is 0.643. The third-order valence-corrected chi connectivity index (χ3v) is 2.59. The van der Waals surface area contributed by atoms with Crippen LogP contribution in [0.4, 0.5) is 0 Å². The van der Waals surface area contributed by atoms with Crippen LogP contribution in [0.5, 0.6) is 17.2 Å². The SMILES string of the molecule is CCCCOc1c(O)c2c(O)cccc2oc1=O. The van der Waals surface area contributed by atoms with E-state index in [2.05, 4.69) is 0 Å². The number of rotatable bonds is 4. The highest BCUT2D eigenvalue weighted by molar-refractivity contribution is 5.90. The standard InChI is InChI=1S/C13H14O5/c1-2-3-7-17-12-11(15)10-8(14)5-4-6-9(10)18-13(12)16/h4-6,14-15H,2-3,7H2,1H3. The maximum atomic E-state index is 11.6. The second-order valence-electron chi connectivity index (χ2n) is 3.92. The Balaban J connectivity index is 2.53. The number of hydrogen-bond donors (Lipinski definition) is 2. The molecule has 2 aromatic rings. The van der Waals surface area contributed by atoms with Crippen LogP contribution in [0.1, 0.15) is 19.8 Å². The van der Waals surface area contributed by atoms with Crippen molar-refractivity contribution in [2.75, 3.05) is 6.61 Å². The van der Waals surface area contributed by atoms with Crippen LogP contribution in [0, 0.1) is 0 Å². The summed E-state index contributed by atoms with van der Waals surface area (Å²) >= 11 is 0. The molecule has 0 bridgehead atoms. The minimum Gasteiger partial charge on any atom is -0.507 e. The molecular weight excluding hydrogens is 236 g/mol. The molecule has 0 amide bonds. The lowest BCUT2D eigenvalue weighted by Crippen LogP contribution is -2.08. The van der Waals surface area contributed by atoms with E-state index in [-0.39, 0.29) is 28.2 Å². The zero-order valence-corrected chi connectivity index (χ0v) is 9.97. The first-order valence-corrected chi connectivity index (χ1v) is 5.75. The number of ether oxygens (including phenoxy) is 1. The van der Waals surface area contributed by atoms with Crippen molar-refractivity contribution in [3.8, 4) is 17.2 Å². The number of phenols is 1. The Morgan fingerprint density at radius 2 is 2.11 bits per heavy atom. The van der Waals surface area contributed by atoms with Gasteiger partial charge in [0, 0.05) is 0 Å². The van der Waals surface area contributed by atoms with Gasteiger partial charge in [-0.05, 0) is 18.6 Å².